The second kappa shape index (κ2) is 5.65. The predicted octanol–water partition coefficient (Wildman–Crippen LogP) is 3.67. The normalized spacial score (nSPS) is 22.9. The van der Waals surface area contributed by atoms with E-state index in [0.717, 1.165) is 23.0 Å². The first kappa shape index (κ1) is 13.2. The molecule has 2 unspecified atom stereocenters. The lowest BCUT2D eigenvalue weighted by Crippen LogP contribution is -2.19. The van der Waals surface area contributed by atoms with Crippen molar-refractivity contribution in [1.82, 2.24) is 14.8 Å². The Morgan fingerprint density at radius 1 is 1.35 bits per heavy atom. The second-order valence-corrected chi connectivity index (χ2v) is 5.77. The van der Waals surface area contributed by atoms with Gasteiger partial charge in [0.1, 0.15) is 6.33 Å². The van der Waals surface area contributed by atoms with E-state index < -0.39 is 0 Å². The fourth-order valence-corrected chi connectivity index (χ4v) is 3.13. The number of benzene rings is 1. The van der Waals surface area contributed by atoms with Crippen LogP contribution in [0.4, 0.5) is 5.69 Å². The van der Waals surface area contributed by atoms with Crippen LogP contribution in [0.2, 0.25) is 0 Å². The SMILES string of the molecule is CCC1CCCC(n2cnc(-c3cccc(N)c3)n2)C1. The Labute approximate surface area is 120 Å². The summed E-state index contributed by atoms with van der Waals surface area (Å²) in [5.74, 6) is 1.62. The Balaban J connectivity index is 1.80. The molecule has 106 valence electrons. The second-order valence-electron chi connectivity index (χ2n) is 5.77. The zero-order chi connectivity index (χ0) is 13.9. The molecule has 1 heterocycles. The van der Waals surface area contributed by atoms with E-state index in [0.29, 0.717) is 6.04 Å². The van der Waals surface area contributed by atoms with Gasteiger partial charge in [0, 0.05) is 11.3 Å². The van der Waals surface area contributed by atoms with E-state index in [1.165, 1.54) is 32.1 Å². The Bertz CT molecular complexity index is 575. The first-order valence-corrected chi connectivity index (χ1v) is 7.53. The molecule has 1 aromatic carbocycles. The molecule has 2 aromatic rings. The van der Waals surface area contributed by atoms with Gasteiger partial charge in [-0.25, -0.2) is 9.67 Å². The number of nitrogens with two attached hydrogens (primary N) is 1. The maximum absolute atomic E-state index is 5.82. The quantitative estimate of drug-likeness (QED) is 0.866. The van der Waals surface area contributed by atoms with Crippen molar-refractivity contribution in [3.8, 4) is 11.4 Å². The van der Waals surface area contributed by atoms with Crippen molar-refractivity contribution in [2.45, 2.75) is 45.1 Å². The molecule has 0 amide bonds. The van der Waals surface area contributed by atoms with Gasteiger partial charge in [-0.2, -0.15) is 5.10 Å². The van der Waals surface area contributed by atoms with E-state index >= 15 is 0 Å². The predicted molar refractivity (Wildman–Crippen MR) is 81.2 cm³/mol. The van der Waals surface area contributed by atoms with E-state index in [-0.39, 0.29) is 0 Å². The molecule has 1 fully saturated rings. The first-order valence-electron chi connectivity index (χ1n) is 7.53. The van der Waals surface area contributed by atoms with Crippen LogP contribution in [0.5, 0.6) is 0 Å². The van der Waals surface area contributed by atoms with Gasteiger partial charge in [0.25, 0.3) is 0 Å². The van der Waals surface area contributed by atoms with Crippen LogP contribution in [0.1, 0.15) is 45.1 Å². The molecular weight excluding hydrogens is 248 g/mol. The summed E-state index contributed by atoms with van der Waals surface area (Å²) >= 11 is 0. The minimum atomic E-state index is 0.510. The van der Waals surface area contributed by atoms with Crippen LogP contribution in [0, 0.1) is 5.92 Å². The monoisotopic (exact) mass is 270 g/mol. The summed E-state index contributed by atoms with van der Waals surface area (Å²) in [6.45, 7) is 2.28. The van der Waals surface area contributed by atoms with Gasteiger partial charge in [-0.3, -0.25) is 0 Å². The topological polar surface area (TPSA) is 56.7 Å². The summed E-state index contributed by atoms with van der Waals surface area (Å²) in [4.78, 5) is 4.45. The van der Waals surface area contributed by atoms with Gasteiger partial charge in [-0.1, -0.05) is 38.3 Å². The molecule has 2 N–H and O–H groups in total. The van der Waals surface area contributed by atoms with Crippen molar-refractivity contribution < 1.29 is 0 Å². The summed E-state index contributed by atoms with van der Waals surface area (Å²) in [5, 5.41) is 4.66. The van der Waals surface area contributed by atoms with Gasteiger partial charge in [-0.05, 0) is 30.9 Å². The van der Waals surface area contributed by atoms with Gasteiger partial charge < -0.3 is 5.73 Å². The summed E-state index contributed by atoms with van der Waals surface area (Å²) in [6.07, 6.45) is 8.27. The molecule has 1 saturated carbocycles. The van der Waals surface area contributed by atoms with Crippen LogP contribution in [-0.2, 0) is 0 Å². The van der Waals surface area contributed by atoms with Crippen molar-refractivity contribution in [3.05, 3.63) is 30.6 Å². The lowest BCUT2D eigenvalue weighted by Gasteiger charge is -2.28. The number of nitrogen functional groups attached to an aromatic ring is 1. The molecule has 1 aromatic heterocycles. The third kappa shape index (κ3) is 2.69. The molecular formula is C16H22N4. The highest BCUT2D eigenvalue weighted by Gasteiger charge is 2.23. The molecule has 20 heavy (non-hydrogen) atoms. The standard InChI is InChI=1S/C16H22N4/c1-2-12-5-3-8-15(9-12)20-11-18-16(19-20)13-6-4-7-14(17)10-13/h4,6-7,10-12,15H,2-3,5,8-9,17H2,1H3. The Kier molecular flexibility index (Phi) is 3.72. The number of aromatic nitrogens is 3. The van der Waals surface area contributed by atoms with Gasteiger partial charge in [0.05, 0.1) is 6.04 Å². The van der Waals surface area contributed by atoms with E-state index in [9.17, 15) is 0 Å². The number of rotatable bonds is 3. The Morgan fingerprint density at radius 2 is 2.25 bits per heavy atom. The molecule has 0 radical (unpaired) electrons. The summed E-state index contributed by atoms with van der Waals surface area (Å²) in [5.41, 5.74) is 7.56. The first-order chi connectivity index (χ1) is 9.76. The fraction of sp³-hybridized carbons (Fsp3) is 0.500. The number of hydrogen-bond acceptors (Lipinski definition) is 3. The highest BCUT2D eigenvalue weighted by molar-refractivity contribution is 5.60. The van der Waals surface area contributed by atoms with Gasteiger partial charge in [0.15, 0.2) is 5.82 Å². The number of hydrogen-bond donors (Lipinski definition) is 1. The van der Waals surface area contributed by atoms with Gasteiger partial charge >= 0.3 is 0 Å². The van der Waals surface area contributed by atoms with Crippen molar-refractivity contribution in [1.29, 1.82) is 0 Å². The third-order valence-corrected chi connectivity index (χ3v) is 4.36. The van der Waals surface area contributed by atoms with Crippen LogP contribution in [0.25, 0.3) is 11.4 Å². The molecule has 4 nitrogen and oxygen atoms in total. The highest BCUT2D eigenvalue weighted by Crippen LogP contribution is 2.34. The van der Waals surface area contributed by atoms with Crippen LogP contribution in [0.3, 0.4) is 0 Å². The summed E-state index contributed by atoms with van der Waals surface area (Å²) < 4.78 is 2.06. The fourth-order valence-electron chi connectivity index (χ4n) is 3.13. The number of nitrogens with zero attached hydrogens (tertiary/aromatic N) is 3. The minimum Gasteiger partial charge on any atom is -0.399 e. The van der Waals surface area contributed by atoms with E-state index in [2.05, 4.69) is 21.7 Å². The van der Waals surface area contributed by atoms with E-state index in [1.807, 2.05) is 30.6 Å². The molecule has 0 bridgehead atoms. The van der Waals surface area contributed by atoms with E-state index in [4.69, 9.17) is 5.73 Å². The van der Waals surface area contributed by atoms with E-state index in [1.54, 1.807) is 0 Å². The Hall–Kier alpha value is -1.84. The minimum absolute atomic E-state index is 0.510. The van der Waals surface area contributed by atoms with Crippen molar-refractivity contribution >= 4 is 5.69 Å². The zero-order valence-electron chi connectivity index (χ0n) is 12.0. The molecule has 3 rings (SSSR count). The van der Waals surface area contributed by atoms with Crippen LogP contribution in [0.15, 0.2) is 30.6 Å². The lowest BCUT2D eigenvalue weighted by molar-refractivity contribution is 0.247. The average molecular weight is 270 g/mol. The maximum atomic E-state index is 5.82. The molecule has 0 spiro atoms. The largest absolute Gasteiger partial charge is 0.399 e. The summed E-state index contributed by atoms with van der Waals surface area (Å²) in [7, 11) is 0. The Morgan fingerprint density at radius 3 is 3.05 bits per heavy atom. The van der Waals surface area contributed by atoms with Crippen LogP contribution >= 0.6 is 0 Å². The lowest BCUT2D eigenvalue weighted by atomic mass is 9.84. The average Bonchev–Trinajstić information content (AvgIpc) is 2.97. The number of anilines is 1. The van der Waals surface area contributed by atoms with Crippen LogP contribution in [-0.4, -0.2) is 14.8 Å². The molecule has 0 aliphatic heterocycles. The van der Waals surface area contributed by atoms with Crippen molar-refractivity contribution in [3.63, 3.8) is 0 Å². The maximum Gasteiger partial charge on any atom is 0.181 e. The van der Waals surface area contributed by atoms with Gasteiger partial charge in [0.2, 0.25) is 0 Å². The molecule has 0 saturated heterocycles. The highest BCUT2D eigenvalue weighted by atomic mass is 15.3. The summed E-state index contributed by atoms with van der Waals surface area (Å²) in [6, 6.07) is 8.27. The van der Waals surface area contributed by atoms with Crippen molar-refractivity contribution in [2.24, 2.45) is 5.92 Å². The molecule has 1 aliphatic carbocycles. The molecule has 2 atom stereocenters. The smallest absolute Gasteiger partial charge is 0.181 e. The third-order valence-electron chi connectivity index (χ3n) is 4.36. The molecule has 4 heteroatoms. The zero-order valence-corrected chi connectivity index (χ0v) is 12.0. The van der Waals surface area contributed by atoms with Crippen LogP contribution < -0.4 is 5.73 Å². The molecule has 1 aliphatic rings. The van der Waals surface area contributed by atoms with Crippen molar-refractivity contribution in [2.75, 3.05) is 5.73 Å². The van der Waals surface area contributed by atoms with Gasteiger partial charge in [-0.15, -0.1) is 0 Å².